The Morgan fingerprint density at radius 3 is 2.50 bits per heavy atom. The number of halogens is 1. The summed E-state index contributed by atoms with van der Waals surface area (Å²) in [7, 11) is 0. The van der Waals surface area contributed by atoms with E-state index in [-0.39, 0.29) is 6.42 Å². The molecule has 0 aliphatic carbocycles. The smallest absolute Gasteiger partial charge is 0.307 e. The summed E-state index contributed by atoms with van der Waals surface area (Å²) in [4.78, 5) is 10.4. The maximum Gasteiger partial charge on any atom is 0.307 e. The van der Waals surface area contributed by atoms with Crippen LogP contribution >= 0.6 is 22.6 Å². The number of rotatable bonds is 4. The monoisotopic (exact) mass is 305 g/mol. The summed E-state index contributed by atoms with van der Waals surface area (Å²) in [5, 5.41) is 11.8. The van der Waals surface area contributed by atoms with Gasteiger partial charge in [0.15, 0.2) is 0 Å². The summed E-state index contributed by atoms with van der Waals surface area (Å²) in [5.41, 5.74) is 1.84. The molecule has 76 valence electrons. The molecule has 3 nitrogen and oxygen atoms in total. The van der Waals surface area contributed by atoms with Gasteiger partial charge in [-0.3, -0.25) is 4.79 Å². The van der Waals surface area contributed by atoms with Crippen LogP contribution in [0.1, 0.15) is 12.5 Å². The number of hydrogen-bond acceptors (Lipinski definition) is 2. The van der Waals surface area contributed by atoms with Crippen molar-refractivity contribution in [1.29, 1.82) is 0 Å². The summed E-state index contributed by atoms with van der Waals surface area (Å²) in [6.07, 6.45) is 0.0834. The van der Waals surface area contributed by atoms with Gasteiger partial charge >= 0.3 is 5.97 Å². The van der Waals surface area contributed by atoms with Gasteiger partial charge in [-0.05, 0) is 24.6 Å². The number of alkyl halides is 1. The van der Waals surface area contributed by atoms with Gasteiger partial charge in [0.2, 0.25) is 0 Å². The molecule has 0 amide bonds. The molecule has 1 rings (SSSR count). The molecule has 14 heavy (non-hydrogen) atoms. The van der Waals surface area contributed by atoms with E-state index in [1.807, 2.05) is 31.2 Å². The molecule has 0 aromatic heterocycles. The van der Waals surface area contributed by atoms with Crippen molar-refractivity contribution in [3.05, 3.63) is 29.8 Å². The van der Waals surface area contributed by atoms with E-state index in [1.54, 1.807) is 0 Å². The minimum Gasteiger partial charge on any atom is -0.481 e. The molecule has 1 atom stereocenters. The fraction of sp³-hybridized carbons (Fsp3) is 0.300. The second-order valence-corrected chi connectivity index (χ2v) is 4.90. The Bertz CT molecular complexity index is 308. The highest BCUT2D eigenvalue weighted by atomic mass is 127. The molecule has 1 unspecified atom stereocenters. The predicted octanol–water partition coefficient (Wildman–Crippen LogP) is 2.51. The van der Waals surface area contributed by atoms with Crippen LogP contribution in [0.3, 0.4) is 0 Å². The molecule has 0 heterocycles. The van der Waals surface area contributed by atoms with Gasteiger partial charge in [-0.2, -0.15) is 0 Å². The highest BCUT2D eigenvalue weighted by Gasteiger charge is 2.00. The van der Waals surface area contributed by atoms with E-state index >= 15 is 0 Å². The molecular weight excluding hydrogens is 293 g/mol. The van der Waals surface area contributed by atoms with Crippen molar-refractivity contribution in [2.24, 2.45) is 0 Å². The summed E-state index contributed by atoms with van der Waals surface area (Å²) < 4.78 is 0.359. The van der Waals surface area contributed by atoms with Gasteiger partial charge in [-0.25, -0.2) is 0 Å². The summed E-state index contributed by atoms with van der Waals surface area (Å²) in [6, 6.07) is 7.45. The first kappa shape index (κ1) is 11.3. The topological polar surface area (TPSA) is 49.3 Å². The molecule has 2 N–H and O–H groups in total. The van der Waals surface area contributed by atoms with Crippen LogP contribution in [0.2, 0.25) is 0 Å². The fourth-order valence-corrected chi connectivity index (χ4v) is 1.48. The third-order valence-corrected chi connectivity index (χ3v) is 1.99. The highest BCUT2D eigenvalue weighted by molar-refractivity contribution is 14.1. The van der Waals surface area contributed by atoms with Crippen molar-refractivity contribution < 1.29 is 9.90 Å². The van der Waals surface area contributed by atoms with Crippen LogP contribution in [0.5, 0.6) is 0 Å². The van der Waals surface area contributed by atoms with Crippen molar-refractivity contribution >= 4 is 34.2 Å². The first-order valence-corrected chi connectivity index (χ1v) is 5.54. The van der Waals surface area contributed by atoms with Gasteiger partial charge in [0.1, 0.15) is 0 Å². The largest absolute Gasteiger partial charge is 0.481 e. The summed E-state index contributed by atoms with van der Waals surface area (Å²) in [6.45, 7) is 2.05. The number of hydrogen-bond donors (Lipinski definition) is 2. The maximum absolute atomic E-state index is 10.4. The Hall–Kier alpha value is -0.780. The molecule has 1 aromatic rings. The van der Waals surface area contributed by atoms with E-state index in [0.717, 1.165) is 11.3 Å². The van der Waals surface area contributed by atoms with Crippen LogP contribution in [0.15, 0.2) is 24.3 Å². The lowest BCUT2D eigenvalue weighted by atomic mass is 10.1. The fourth-order valence-electron chi connectivity index (χ4n) is 1.12. The Labute approximate surface area is 96.7 Å². The van der Waals surface area contributed by atoms with E-state index in [4.69, 9.17) is 5.11 Å². The molecule has 0 saturated heterocycles. The number of carbonyl (C=O) groups is 1. The van der Waals surface area contributed by atoms with Gasteiger partial charge in [-0.15, -0.1) is 0 Å². The predicted molar refractivity (Wildman–Crippen MR) is 64.9 cm³/mol. The minimum atomic E-state index is -0.798. The lowest BCUT2D eigenvalue weighted by Gasteiger charge is -2.08. The summed E-state index contributed by atoms with van der Waals surface area (Å²) >= 11 is 2.27. The highest BCUT2D eigenvalue weighted by Crippen LogP contribution is 2.13. The molecule has 0 aliphatic heterocycles. The van der Waals surface area contributed by atoms with Gasteiger partial charge in [0.25, 0.3) is 0 Å². The third-order valence-electron chi connectivity index (χ3n) is 1.67. The SMILES string of the molecule is CC(I)Nc1ccc(CC(=O)O)cc1. The van der Waals surface area contributed by atoms with Crippen LogP contribution in [-0.4, -0.2) is 15.1 Å². The van der Waals surface area contributed by atoms with Crippen molar-refractivity contribution in [1.82, 2.24) is 0 Å². The second kappa shape index (κ2) is 5.19. The molecule has 0 saturated carbocycles. The van der Waals surface area contributed by atoms with E-state index in [2.05, 4.69) is 27.9 Å². The van der Waals surface area contributed by atoms with E-state index in [0.29, 0.717) is 4.05 Å². The lowest BCUT2D eigenvalue weighted by molar-refractivity contribution is -0.136. The normalized spacial score (nSPS) is 12.1. The van der Waals surface area contributed by atoms with Crippen molar-refractivity contribution in [2.45, 2.75) is 17.4 Å². The van der Waals surface area contributed by atoms with E-state index in [1.165, 1.54) is 0 Å². The van der Waals surface area contributed by atoms with Crippen molar-refractivity contribution in [3.8, 4) is 0 Å². The molecule has 0 bridgehead atoms. The van der Waals surface area contributed by atoms with Crippen LogP contribution < -0.4 is 5.32 Å². The van der Waals surface area contributed by atoms with Crippen molar-refractivity contribution in [2.75, 3.05) is 5.32 Å². The quantitative estimate of drug-likeness (QED) is 0.510. The number of carboxylic acid groups (broad SMARTS) is 1. The second-order valence-electron chi connectivity index (χ2n) is 3.03. The van der Waals surface area contributed by atoms with Gasteiger partial charge < -0.3 is 10.4 Å². The number of anilines is 1. The van der Waals surface area contributed by atoms with Crippen LogP contribution in [0.25, 0.3) is 0 Å². The minimum absolute atomic E-state index is 0.0834. The van der Waals surface area contributed by atoms with Crippen LogP contribution in [0, 0.1) is 0 Å². The number of benzene rings is 1. The molecule has 0 aliphatic rings. The van der Waals surface area contributed by atoms with Crippen LogP contribution in [0.4, 0.5) is 5.69 Å². The van der Waals surface area contributed by atoms with Crippen LogP contribution in [-0.2, 0) is 11.2 Å². The first-order valence-electron chi connectivity index (χ1n) is 4.29. The Balaban J connectivity index is 2.63. The maximum atomic E-state index is 10.4. The Morgan fingerprint density at radius 2 is 2.07 bits per heavy atom. The average molecular weight is 305 g/mol. The number of carboxylic acids is 1. The average Bonchev–Trinajstić information content (AvgIpc) is 2.06. The van der Waals surface area contributed by atoms with E-state index < -0.39 is 5.97 Å². The lowest BCUT2D eigenvalue weighted by Crippen LogP contribution is -2.06. The standard InChI is InChI=1S/C10H12INO2/c1-7(11)12-9-4-2-8(3-5-9)6-10(13)14/h2-5,7,12H,6H2,1H3,(H,13,14). The summed E-state index contributed by atoms with van der Waals surface area (Å²) in [5.74, 6) is -0.798. The first-order chi connectivity index (χ1) is 6.58. The zero-order valence-corrected chi connectivity index (χ0v) is 9.98. The van der Waals surface area contributed by atoms with Gasteiger partial charge in [-0.1, -0.05) is 34.7 Å². The molecule has 4 heteroatoms. The molecule has 1 aromatic carbocycles. The van der Waals surface area contributed by atoms with Crippen molar-refractivity contribution in [3.63, 3.8) is 0 Å². The number of aliphatic carboxylic acids is 1. The molecule has 0 radical (unpaired) electrons. The number of nitrogens with one attached hydrogen (secondary N) is 1. The Kier molecular flexibility index (Phi) is 4.19. The van der Waals surface area contributed by atoms with Gasteiger partial charge in [0, 0.05) is 5.69 Å². The molecule has 0 spiro atoms. The molecular formula is C10H12INO2. The third kappa shape index (κ3) is 3.95. The van der Waals surface area contributed by atoms with Gasteiger partial charge in [0.05, 0.1) is 10.5 Å². The zero-order valence-electron chi connectivity index (χ0n) is 7.83. The Morgan fingerprint density at radius 1 is 1.50 bits per heavy atom. The molecule has 0 fully saturated rings. The van der Waals surface area contributed by atoms with E-state index in [9.17, 15) is 4.79 Å². The zero-order chi connectivity index (χ0) is 10.6.